The van der Waals surface area contributed by atoms with Gasteiger partial charge in [0, 0.05) is 19.3 Å². The molecule has 0 amide bonds. The minimum Gasteiger partial charge on any atom is -0.378 e. The molecular formula is C11H22N2. The number of nitrogens with one attached hydrogen (secondary N) is 1. The van der Waals surface area contributed by atoms with Crippen LogP contribution >= 0.6 is 0 Å². The summed E-state index contributed by atoms with van der Waals surface area (Å²) in [7, 11) is 2.15. The van der Waals surface area contributed by atoms with Crippen LogP contribution in [0.2, 0.25) is 0 Å². The van der Waals surface area contributed by atoms with E-state index >= 15 is 0 Å². The van der Waals surface area contributed by atoms with Crippen molar-refractivity contribution in [3.8, 4) is 0 Å². The summed E-state index contributed by atoms with van der Waals surface area (Å²) in [5.74, 6) is 1.75. The van der Waals surface area contributed by atoms with E-state index in [0.29, 0.717) is 0 Å². The smallest absolute Gasteiger partial charge is 0.0215 e. The Morgan fingerprint density at radius 1 is 1.31 bits per heavy atom. The molecule has 0 radical (unpaired) electrons. The van der Waals surface area contributed by atoms with Crippen molar-refractivity contribution in [2.45, 2.75) is 20.3 Å². The Morgan fingerprint density at radius 2 is 1.92 bits per heavy atom. The number of allylic oxidation sites excluding steroid dienone is 1. The zero-order valence-corrected chi connectivity index (χ0v) is 9.14. The number of fused-ring (bicyclic) bond motifs is 1. The zero-order valence-electron chi connectivity index (χ0n) is 9.14. The fraction of sp³-hybridized carbons (Fsp3) is 0.818. The number of nitrogens with zero attached hydrogens (tertiary/aromatic N) is 1. The molecule has 2 rings (SSSR count). The molecule has 0 saturated carbocycles. The topological polar surface area (TPSA) is 15.3 Å². The predicted octanol–water partition coefficient (Wildman–Crippen LogP) is 1.70. The standard InChI is InChI=1S/C9H16N2.C2H6/c1-7-3-8-4-10-5-9(8)6-11(7)2;1-2/h8-10H,1,3-6H2,2H3;1-2H3. The molecule has 2 heterocycles. The largest absolute Gasteiger partial charge is 0.378 e. The van der Waals surface area contributed by atoms with Crippen molar-refractivity contribution in [2.24, 2.45) is 11.8 Å². The number of hydrogen-bond donors (Lipinski definition) is 1. The Balaban J connectivity index is 0.000000396. The van der Waals surface area contributed by atoms with Crippen molar-refractivity contribution >= 4 is 0 Å². The van der Waals surface area contributed by atoms with Crippen molar-refractivity contribution in [3.63, 3.8) is 0 Å². The minimum absolute atomic E-state index is 0.874. The highest BCUT2D eigenvalue weighted by atomic mass is 15.1. The molecule has 0 aromatic carbocycles. The van der Waals surface area contributed by atoms with E-state index in [1.54, 1.807) is 0 Å². The summed E-state index contributed by atoms with van der Waals surface area (Å²) in [4.78, 5) is 2.30. The van der Waals surface area contributed by atoms with Crippen LogP contribution in [-0.4, -0.2) is 31.6 Å². The van der Waals surface area contributed by atoms with Crippen LogP contribution in [0.5, 0.6) is 0 Å². The van der Waals surface area contributed by atoms with Gasteiger partial charge in [0.25, 0.3) is 0 Å². The lowest BCUT2D eigenvalue weighted by atomic mass is 9.87. The quantitative estimate of drug-likeness (QED) is 0.613. The molecule has 2 unspecified atom stereocenters. The predicted molar refractivity (Wildman–Crippen MR) is 57.6 cm³/mol. The van der Waals surface area contributed by atoms with Crippen LogP contribution in [0.4, 0.5) is 0 Å². The Hall–Kier alpha value is -0.500. The lowest BCUT2D eigenvalue weighted by Crippen LogP contribution is -2.35. The van der Waals surface area contributed by atoms with Gasteiger partial charge in [0.15, 0.2) is 0 Å². The van der Waals surface area contributed by atoms with Crippen LogP contribution < -0.4 is 5.32 Å². The number of likely N-dealkylation sites (tertiary alicyclic amines) is 1. The summed E-state index contributed by atoms with van der Waals surface area (Å²) in [5.41, 5.74) is 1.31. The van der Waals surface area contributed by atoms with Gasteiger partial charge in [-0.1, -0.05) is 20.4 Å². The van der Waals surface area contributed by atoms with Gasteiger partial charge in [-0.25, -0.2) is 0 Å². The first kappa shape index (κ1) is 10.6. The van der Waals surface area contributed by atoms with Crippen molar-refractivity contribution in [2.75, 3.05) is 26.7 Å². The maximum absolute atomic E-state index is 4.05. The highest BCUT2D eigenvalue weighted by Gasteiger charge is 2.32. The molecule has 0 bridgehead atoms. The molecule has 2 saturated heterocycles. The maximum Gasteiger partial charge on any atom is 0.0215 e. The lowest BCUT2D eigenvalue weighted by Gasteiger charge is -2.34. The number of piperidine rings is 1. The second-order valence-electron chi connectivity index (χ2n) is 3.83. The van der Waals surface area contributed by atoms with Crippen LogP contribution in [0.25, 0.3) is 0 Å². The van der Waals surface area contributed by atoms with Crippen LogP contribution in [0, 0.1) is 11.8 Å². The molecule has 0 aliphatic carbocycles. The molecule has 0 aromatic heterocycles. The van der Waals surface area contributed by atoms with Crippen molar-refractivity contribution in [1.29, 1.82) is 0 Å². The first-order valence-electron chi connectivity index (χ1n) is 5.37. The third-order valence-electron chi connectivity index (χ3n) is 3.03. The highest BCUT2D eigenvalue weighted by Crippen LogP contribution is 2.30. The molecule has 2 aliphatic rings. The van der Waals surface area contributed by atoms with E-state index in [-0.39, 0.29) is 0 Å². The lowest BCUT2D eigenvalue weighted by molar-refractivity contribution is 0.230. The fourth-order valence-electron chi connectivity index (χ4n) is 2.18. The average Bonchev–Trinajstić information content (AvgIpc) is 2.56. The van der Waals surface area contributed by atoms with E-state index in [9.17, 15) is 0 Å². The first-order valence-corrected chi connectivity index (χ1v) is 5.37. The Labute approximate surface area is 82.0 Å². The van der Waals surface area contributed by atoms with Crippen molar-refractivity contribution in [3.05, 3.63) is 12.3 Å². The summed E-state index contributed by atoms with van der Waals surface area (Å²) in [6, 6.07) is 0. The third-order valence-corrected chi connectivity index (χ3v) is 3.03. The Bertz CT molecular complexity index is 177. The van der Waals surface area contributed by atoms with Gasteiger partial charge in [-0.3, -0.25) is 0 Å². The van der Waals surface area contributed by atoms with Crippen LogP contribution in [0.3, 0.4) is 0 Å². The molecule has 2 heteroatoms. The summed E-state index contributed by atoms with van der Waals surface area (Å²) < 4.78 is 0. The molecule has 2 atom stereocenters. The van der Waals surface area contributed by atoms with Gasteiger partial charge in [0.1, 0.15) is 0 Å². The van der Waals surface area contributed by atoms with E-state index < -0.39 is 0 Å². The zero-order chi connectivity index (χ0) is 9.84. The van der Waals surface area contributed by atoms with Gasteiger partial charge >= 0.3 is 0 Å². The van der Waals surface area contributed by atoms with Crippen molar-refractivity contribution in [1.82, 2.24) is 10.2 Å². The van der Waals surface area contributed by atoms with E-state index in [4.69, 9.17) is 0 Å². The van der Waals surface area contributed by atoms with Gasteiger partial charge in [-0.2, -0.15) is 0 Å². The van der Waals surface area contributed by atoms with E-state index in [0.717, 1.165) is 11.8 Å². The monoisotopic (exact) mass is 182 g/mol. The average molecular weight is 182 g/mol. The maximum atomic E-state index is 4.05. The second-order valence-corrected chi connectivity index (χ2v) is 3.83. The van der Waals surface area contributed by atoms with Crippen LogP contribution in [0.1, 0.15) is 20.3 Å². The van der Waals surface area contributed by atoms with Gasteiger partial charge in [-0.15, -0.1) is 0 Å². The number of rotatable bonds is 0. The van der Waals surface area contributed by atoms with E-state index in [1.165, 1.54) is 31.8 Å². The minimum atomic E-state index is 0.874. The first-order chi connectivity index (χ1) is 6.27. The summed E-state index contributed by atoms with van der Waals surface area (Å²) in [6.45, 7) is 11.7. The molecule has 0 aromatic rings. The van der Waals surface area contributed by atoms with Crippen LogP contribution in [0.15, 0.2) is 12.3 Å². The van der Waals surface area contributed by atoms with E-state index in [1.807, 2.05) is 13.8 Å². The molecule has 2 fully saturated rings. The molecule has 1 N–H and O–H groups in total. The van der Waals surface area contributed by atoms with Gasteiger partial charge in [0.2, 0.25) is 0 Å². The number of hydrogen-bond acceptors (Lipinski definition) is 2. The summed E-state index contributed by atoms with van der Waals surface area (Å²) in [5, 5.41) is 3.44. The molecule has 2 aliphatic heterocycles. The van der Waals surface area contributed by atoms with Gasteiger partial charge < -0.3 is 10.2 Å². The Kier molecular flexibility index (Phi) is 3.79. The van der Waals surface area contributed by atoms with Gasteiger partial charge in [-0.05, 0) is 31.3 Å². The highest BCUT2D eigenvalue weighted by molar-refractivity contribution is 5.03. The van der Waals surface area contributed by atoms with Gasteiger partial charge in [0.05, 0.1) is 0 Å². The van der Waals surface area contributed by atoms with Crippen molar-refractivity contribution < 1.29 is 0 Å². The Morgan fingerprint density at radius 3 is 2.62 bits per heavy atom. The molecule has 13 heavy (non-hydrogen) atoms. The fourth-order valence-corrected chi connectivity index (χ4v) is 2.18. The van der Waals surface area contributed by atoms with Crippen LogP contribution in [-0.2, 0) is 0 Å². The summed E-state index contributed by atoms with van der Waals surface area (Å²) >= 11 is 0. The molecule has 76 valence electrons. The third kappa shape index (κ3) is 2.25. The SMILES string of the molecule is C=C1CC2CNCC2CN1C.CC. The molecule has 2 nitrogen and oxygen atoms in total. The summed E-state index contributed by atoms with van der Waals surface area (Å²) in [6.07, 6.45) is 1.20. The molecule has 0 spiro atoms. The molecular weight excluding hydrogens is 160 g/mol. The normalized spacial score (nSPS) is 32.2. The van der Waals surface area contributed by atoms with E-state index in [2.05, 4.69) is 23.8 Å². The second kappa shape index (κ2) is 4.66.